The standard InChI is InChI=1S/C26H28N4O2S/c1-2-5-17-8-9-18(16-22(17)31)24-25(28-15-14-27-24)32-20-12-10-19(11-13-20)29-26-30-21-6-3-4-7-23(21)33-26/h3-4,6-7,10-15,17-18,22,31H,2,5,8-9,16H2,1H3,(H,29,30). The van der Waals surface area contributed by atoms with Gasteiger partial charge in [-0.05, 0) is 68.0 Å². The number of anilines is 2. The van der Waals surface area contributed by atoms with Crippen molar-refractivity contribution < 1.29 is 9.84 Å². The maximum Gasteiger partial charge on any atom is 0.241 e. The lowest BCUT2D eigenvalue weighted by molar-refractivity contribution is 0.0546. The number of aliphatic hydroxyl groups is 1. The van der Waals surface area contributed by atoms with Crippen LogP contribution in [0.5, 0.6) is 11.6 Å². The highest BCUT2D eigenvalue weighted by Crippen LogP contribution is 2.40. The summed E-state index contributed by atoms with van der Waals surface area (Å²) in [5.74, 6) is 1.78. The maximum absolute atomic E-state index is 10.6. The van der Waals surface area contributed by atoms with Crippen LogP contribution in [-0.2, 0) is 0 Å². The lowest BCUT2D eigenvalue weighted by Crippen LogP contribution is -2.29. The molecule has 1 saturated carbocycles. The third kappa shape index (κ3) is 4.99. The molecule has 170 valence electrons. The molecule has 0 saturated heterocycles. The van der Waals surface area contributed by atoms with Gasteiger partial charge in [-0.3, -0.25) is 4.98 Å². The Kier molecular flexibility index (Phi) is 6.51. The number of thiazole rings is 1. The SMILES string of the molecule is CCCC1CCC(c2nccnc2Oc2ccc(Nc3nc4ccccc4s3)cc2)CC1O. The minimum atomic E-state index is -0.286. The van der Waals surface area contributed by atoms with Gasteiger partial charge in [-0.1, -0.05) is 36.8 Å². The van der Waals surface area contributed by atoms with Crippen molar-refractivity contribution in [2.24, 2.45) is 5.92 Å². The highest BCUT2D eigenvalue weighted by Gasteiger charge is 2.32. The van der Waals surface area contributed by atoms with Crippen LogP contribution >= 0.6 is 11.3 Å². The Morgan fingerprint density at radius 2 is 1.88 bits per heavy atom. The number of para-hydroxylation sites is 1. The van der Waals surface area contributed by atoms with Crippen LogP contribution in [0.2, 0.25) is 0 Å². The molecule has 0 spiro atoms. The van der Waals surface area contributed by atoms with Crippen LogP contribution in [0.15, 0.2) is 60.9 Å². The van der Waals surface area contributed by atoms with Gasteiger partial charge in [0.2, 0.25) is 5.88 Å². The molecule has 0 aliphatic heterocycles. The van der Waals surface area contributed by atoms with Gasteiger partial charge < -0.3 is 15.2 Å². The molecule has 1 fully saturated rings. The average molecular weight is 461 g/mol. The monoisotopic (exact) mass is 460 g/mol. The maximum atomic E-state index is 10.6. The van der Waals surface area contributed by atoms with Crippen LogP contribution in [0.4, 0.5) is 10.8 Å². The first-order valence-electron chi connectivity index (χ1n) is 11.6. The van der Waals surface area contributed by atoms with Gasteiger partial charge in [0.05, 0.1) is 16.3 Å². The molecule has 2 heterocycles. The van der Waals surface area contributed by atoms with E-state index in [-0.39, 0.29) is 12.0 Å². The van der Waals surface area contributed by atoms with E-state index in [1.807, 2.05) is 42.5 Å². The largest absolute Gasteiger partial charge is 0.437 e. The quantitative estimate of drug-likeness (QED) is 0.321. The Bertz CT molecular complexity index is 1180. The van der Waals surface area contributed by atoms with Crippen LogP contribution in [-0.4, -0.2) is 26.2 Å². The van der Waals surface area contributed by atoms with Gasteiger partial charge in [0.1, 0.15) is 11.4 Å². The fourth-order valence-electron chi connectivity index (χ4n) is 4.63. The summed E-state index contributed by atoms with van der Waals surface area (Å²) in [6.45, 7) is 2.17. The number of hydrogen-bond donors (Lipinski definition) is 2. The number of hydrogen-bond acceptors (Lipinski definition) is 7. The van der Waals surface area contributed by atoms with E-state index in [4.69, 9.17) is 4.74 Å². The second-order valence-electron chi connectivity index (χ2n) is 8.61. The molecule has 0 amide bonds. The Morgan fingerprint density at radius 1 is 1.06 bits per heavy atom. The number of benzene rings is 2. The Balaban J connectivity index is 1.27. The smallest absolute Gasteiger partial charge is 0.241 e. The van der Waals surface area contributed by atoms with Gasteiger partial charge in [0, 0.05) is 24.0 Å². The van der Waals surface area contributed by atoms with E-state index in [9.17, 15) is 5.11 Å². The van der Waals surface area contributed by atoms with Gasteiger partial charge in [0.15, 0.2) is 5.13 Å². The van der Waals surface area contributed by atoms with Crippen molar-refractivity contribution in [3.05, 3.63) is 66.6 Å². The zero-order valence-corrected chi connectivity index (χ0v) is 19.5. The highest BCUT2D eigenvalue weighted by atomic mass is 32.1. The molecule has 6 nitrogen and oxygen atoms in total. The molecule has 33 heavy (non-hydrogen) atoms. The molecule has 1 aliphatic rings. The van der Waals surface area contributed by atoms with Crippen LogP contribution < -0.4 is 10.1 Å². The van der Waals surface area contributed by atoms with E-state index in [1.54, 1.807) is 23.7 Å². The van der Waals surface area contributed by atoms with Gasteiger partial charge in [-0.25, -0.2) is 9.97 Å². The molecule has 3 unspecified atom stereocenters. The van der Waals surface area contributed by atoms with Crippen molar-refractivity contribution in [1.29, 1.82) is 0 Å². The minimum absolute atomic E-state index is 0.164. The first-order chi connectivity index (χ1) is 16.2. The third-order valence-electron chi connectivity index (χ3n) is 6.31. The number of nitrogens with one attached hydrogen (secondary N) is 1. The Morgan fingerprint density at radius 3 is 2.67 bits per heavy atom. The molecular weight excluding hydrogens is 432 g/mol. The van der Waals surface area contributed by atoms with Gasteiger partial charge in [-0.2, -0.15) is 0 Å². The molecule has 1 aliphatic carbocycles. The number of rotatable bonds is 7. The lowest BCUT2D eigenvalue weighted by atomic mass is 9.77. The Hall–Kier alpha value is -3.03. The summed E-state index contributed by atoms with van der Waals surface area (Å²) in [5.41, 5.74) is 2.77. The van der Waals surface area contributed by atoms with Crippen molar-refractivity contribution in [1.82, 2.24) is 15.0 Å². The van der Waals surface area contributed by atoms with E-state index in [1.165, 1.54) is 0 Å². The van der Waals surface area contributed by atoms with E-state index in [0.29, 0.717) is 24.0 Å². The highest BCUT2D eigenvalue weighted by molar-refractivity contribution is 7.22. The fourth-order valence-corrected chi connectivity index (χ4v) is 5.51. The first-order valence-corrected chi connectivity index (χ1v) is 12.4. The summed E-state index contributed by atoms with van der Waals surface area (Å²) in [7, 11) is 0. The second kappa shape index (κ2) is 9.85. The van der Waals surface area contributed by atoms with Gasteiger partial charge in [0.25, 0.3) is 0 Å². The fraction of sp³-hybridized carbons (Fsp3) is 0.346. The molecule has 0 bridgehead atoms. The number of aliphatic hydroxyl groups excluding tert-OH is 1. The number of ether oxygens (including phenoxy) is 1. The summed E-state index contributed by atoms with van der Waals surface area (Å²) in [6, 6.07) is 15.9. The van der Waals surface area contributed by atoms with Crippen LogP contribution in [0.3, 0.4) is 0 Å². The molecule has 2 aromatic heterocycles. The Labute approximate surface area is 197 Å². The van der Waals surface area contributed by atoms with Crippen molar-refractivity contribution in [2.75, 3.05) is 5.32 Å². The lowest BCUT2D eigenvalue weighted by Gasteiger charge is -2.33. The zero-order valence-electron chi connectivity index (χ0n) is 18.6. The van der Waals surface area contributed by atoms with E-state index < -0.39 is 0 Å². The van der Waals surface area contributed by atoms with E-state index in [2.05, 4.69) is 33.3 Å². The van der Waals surface area contributed by atoms with Crippen LogP contribution in [0, 0.1) is 5.92 Å². The van der Waals surface area contributed by atoms with Crippen molar-refractivity contribution in [2.45, 2.75) is 51.0 Å². The number of nitrogens with zero attached hydrogens (tertiary/aromatic N) is 3. The summed E-state index contributed by atoms with van der Waals surface area (Å²) >= 11 is 1.63. The predicted octanol–water partition coefficient (Wildman–Crippen LogP) is 6.67. The zero-order chi connectivity index (χ0) is 22.6. The van der Waals surface area contributed by atoms with Crippen molar-refractivity contribution >= 4 is 32.4 Å². The average Bonchev–Trinajstić information content (AvgIpc) is 3.24. The van der Waals surface area contributed by atoms with Crippen molar-refractivity contribution in [3.63, 3.8) is 0 Å². The number of aromatic nitrogens is 3. The van der Waals surface area contributed by atoms with Crippen LogP contribution in [0.1, 0.15) is 50.6 Å². The van der Waals surface area contributed by atoms with Gasteiger partial charge in [-0.15, -0.1) is 0 Å². The summed E-state index contributed by atoms with van der Waals surface area (Å²) in [5, 5.41) is 14.8. The molecule has 4 aromatic rings. The van der Waals surface area contributed by atoms with E-state index in [0.717, 1.165) is 52.4 Å². The summed E-state index contributed by atoms with van der Waals surface area (Å²) in [4.78, 5) is 13.7. The molecule has 5 rings (SSSR count). The molecular formula is C26H28N4O2S. The van der Waals surface area contributed by atoms with Crippen molar-refractivity contribution in [3.8, 4) is 11.6 Å². The molecule has 7 heteroatoms. The summed E-state index contributed by atoms with van der Waals surface area (Å²) < 4.78 is 7.29. The third-order valence-corrected chi connectivity index (χ3v) is 7.26. The molecule has 2 aromatic carbocycles. The van der Waals surface area contributed by atoms with Crippen LogP contribution in [0.25, 0.3) is 10.2 Å². The molecule has 3 atom stereocenters. The predicted molar refractivity (Wildman–Crippen MR) is 132 cm³/mol. The first kappa shape index (κ1) is 21.8. The summed E-state index contributed by atoms with van der Waals surface area (Å²) in [6.07, 6.45) is 7.99. The van der Waals surface area contributed by atoms with E-state index >= 15 is 0 Å². The molecule has 2 N–H and O–H groups in total. The normalized spacial score (nSPS) is 20.6. The topological polar surface area (TPSA) is 80.2 Å². The van der Waals surface area contributed by atoms with Gasteiger partial charge >= 0.3 is 0 Å². The number of fused-ring (bicyclic) bond motifs is 1. The molecule has 0 radical (unpaired) electrons. The minimum Gasteiger partial charge on any atom is -0.437 e. The second-order valence-corrected chi connectivity index (χ2v) is 9.64.